The Labute approximate surface area is 193 Å². The zero-order chi connectivity index (χ0) is 21.1. The molecule has 1 amide bonds. The lowest BCUT2D eigenvalue weighted by atomic mass is 9.95. The molecule has 6 nitrogen and oxygen atoms in total. The van der Waals surface area contributed by atoms with Gasteiger partial charge in [0.15, 0.2) is 5.82 Å². The number of benzene rings is 2. The van der Waals surface area contributed by atoms with Crippen LogP contribution in [0.2, 0.25) is 5.02 Å². The Morgan fingerprint density at radius 3 is 2.77 bits per heavy atom. The van der Waals surface area contributed by atoms with E-state index in [1.807, 2.05) is 18.2 Å². The number of piperidine rings is 1. The third-order valence-electron chi connectivity index (χ3n) is 5.71. The molecule has 3 aromatic rings. The number of halogens is 2. The molecule has 162 valence electrons. The van der Waals surface area contributed by atoms with E-state index in [1.165, 1.54) is 0 Å². The molecule has 1 fully saturated rings. The van der Waals surface area contributed by atoms with Crippen LogP contribution in [0, 0.1) is 17.2 Å². The van der Waals surface area contributed by atoms with Gasteiger partial charge < -0.3 is 10.2 Å². The summed E-state index contributed by atoms with van der Waals surface area (Å²) in [6, 6.07) is 13.1. The van der Waals surface area contributed by atoms with Crippen LogP contribution in [-0.4, -0.2) is 40.6 Å². The topological polar surface area (TPSA) is 84.8 Å². The molecule has 2 N–H and O–H groups in total. The first-order chi connectivity index (χ1) is 14.6. The molecule has 0 unspecified atom stereocenters. The van der Waals surface area contributed by atoms with Gasteiger partial charge in [-0.25, -0.2) is 0 Å². The van der Waals surface area contributed by atoms with E-state index < -0.39 is 0 Å². The minimum Gasteiger partial charge on any atom is -0.308 e. The van der Waals surface area contributed by atoms with Crippen molar-refractivity contribution in [2.24, 2.45) is 5.92 Å². The zero-order valence-electron chi connectivity index (χ0n) is 17.3. The lowest BCUT2D eigenvalue weighted by molar-refractivity contribution is -0.121. The summed E-state index contributed by atoms with van der Waals surface area (Å²) in [4.78, 5) is 15.2. The van der Waals surface area contributed by atoms with E-state index in [-0.39, 0.29) is 24.2 Å². The number of nitrogens with one attached hydrogen (secondary N) is 2. The van der Waals surface area contributed by atoms with Gasteiger partial charge >= 0.3 is 0 Å². The number of aromatic amines is 1. The fraction of sp³-hybridized carbons (Fsp3) is 0.348. The summed E-state index contributed by atoms with van der Waals surface area (Å²) in [5, 5.41) is 20.9. The summed E-state index contributed by atoms with van der Waals surface area (Å²) < 4.78 is 0. The smallest absolute Gasteiger partial charge is 0.228 e. The molecule has 2 aromatic carbocycles. The first-order valence-corrected chi connectivity index (χ1v) is 10.7. The van der Waals surface area contributed by atoms with Crippen molar-refractivity contribution < 1.29 is 4.79 Å². The van der Waals surface area contributed by atoms with E-state index in [0.29, 0.717) is 16.4 Å². The first-order valence-electron chi connectivity index (χ1n) is 10.3. The maximum absolute atomic E-state index is 12.8. The molecule has 2 heterocycles. The Bertz CT molecular complexity index is 1110. The number of rotatable bonds is 5. The highest BCUT2D eigenvalue weighted by Gasteiger charge is 2.25. The van der Waals surface area contributed by atoms with E-state index in [4.69, 9.17) is 11.6 Å². The van der Waals surface area contributed by atoms with E-state index >= 15 is 0 Å². The van der Waals surface area contributed by atoms with Gasteiger partial charge in [0.05, 0.1) is 17.1 Å². The summed E-state index contributed by atoms with van der Waals surface area (Å²) in [6.45, 7) is 5.20. The average Bonchev–Trinajstić information content (AvgIpc) is 3.17. The van der Waals surface area contributed by atoms with Gasteiger partial charge in [-0.3, -0.25) is 9.89 Å². The number of fused-ring (bicyclic) bond motifs is 1. The normalized spacial score (nSPS) is 14.7. The number of carbonyl (C=O) groups is 1. The SMILES string of the molecule is CCCN1CCC(C(=O)Nc2n[nH]c3ccc(-c4cc(C#N)ccc4Cl)cc23)CC1.Cl. The van der Waals surface area contributed by atoms with Gasteiger partial charge in [-0.15, -0.1) is 12.4 Å². The minimum atomic E-state index is 0. The summed E-state index contributed by atoms with van der Waals surface area (Å²) in [5.41, 5.74) is 3.03. The van der Waals surface area contributed by atoms with Crippen LogP contribution in [0.15, 0.2) is 36.4 Å². The number of nitriles is 1. The molecule has 0 aliphatic carbocycles. The second kappa shape index (κ2) is 10.1. The number of likely N-dealkylation sites (tertiary alicyclic amines) is 1. The lowest BCUT2D eigenvalue weighted by Gasteiger charge is -2.30. The number of hydrogen-bond donors (Lipinski definition) is 2. The van der Waals surface area contributed by atoms with Crippen molar-refractivity contribution in [3.63, 3.8) is 0 Å². The van der Waals surface area contributed by atoms with Crippen LogP contribution >= 0.6 is 24.0 Å². The molecule has 1 aromatic heterocycles. The van der Waals surface area contributed by atoms with Crippen molar-refractivity contribution >= 4 is 46.6 Å². The van der Waals surface area contributed by atoms with Crippen LogP contribution < -0.4 is 5.32 Å². The molecule has 0 radical (unpaired) electrons. The van der Waals surface area contributed by atoms with Crippen LogP contribution in [0.3, 0.4) is 0 Å². The fourth-order valence-electron chi connectivity index (χ4n) is 4.05. The van der Waals surface area contributed by atoms with E-state index in [0.717, 1.165) is 60.9 Å². The molecule has 1 aliphatic heterocycles. The van der Waals surface area contributed by atoms with Gasteiger partial charge in [-0.1, -0.05) is 24.6 Å². The highest BCUT2D eigenvalue weighted by Crippen LogP contribution is 2.33. The number of nitrogens with zero attached hydrogens (tertiary/aromatic N) is 3. The number of H-pyrrole nitrogens is 1. The second-order valence-electron chi connectivity index (χ2n) is 7.74. The zero-order valence-corrected chi connectivity index (χ0v) is 18.9. The maximum Gasteiger partial charge on any atom is 0.228 e. The highest BCUT2D eigenvalue weighted by molar-refractivity contribution is 6.33. The molecule has 31 heavy (non-hydrogen) atoms. The van der Waals surface area contributed by atoms with Crippen LogP contribution in [-0.2, 0) is 4.79 Å². The third-order valence-corrected chi connectivity index (χ3v) is 6.04. The monoisotopic (exact) mass is 457 g/mol. The van der Waals surface area contributed by atoms with Crippen molar-refractivity contribution in [3.05, 3.63) is 47.0 Å². The number of carbonyl (C=O) groups excluding carboxylic acids is 1. The Morgan fingerprint density at radius 1 is 1.29 bits per heavy atom. The maximum atomic E-state index is 12.8. The number of anilines is 1. The van der Waals surface area contributed by atoms with Crippen molar-refractivity contribution in [1.29, 1.82) is 5.26 Å². The summed E-state index contributed by atoms with van der Waals surface area (Å²) >= 11 is 6.37. The van der Waals surface area contributed by atoms with E-state index in [1.54, 1.807) is 18.2 Å². The molecule has 1 saturated heterocycles. The van der Waals surface area contributed by atoms with Crippen LogP contribution in [0.4, 0.5) is 5.82 Å². The summed E-state index contributed by atoms with van der Waals surface area (Å²) in [5.74, 6) is 0.560. The minimum absolute atomic E-state index is 0. The van der Waals surface area contributed by atoms with Crippen molar-refractivity contribution in [3.8, 4) is 17.2 Å². The van der Waals surface area contributed by atoms with Gasteiger partial charge in [-0.05, 0) is 74.8 Å². The Kier molecular flexibility index (Phi) is 7.55. The van der Waals surface area contributed by atoms with Gasteiger partial charge in [0.2, 0.25) is 5.91 Å². The standard InChI is InChI=1S/C23H24ClN5O.ClH/c1-2-9-29-10-7-16(8-11-29)23(30)26-22-19-13-17(4-6-21(19)27-28-22)18-12-15(14-25)3-5-20(18)24;/h3-6,12-13,16H,2,7-11H2,1H3,(H2,26,27,28,30);1H. The quantitative estimate of drug-likeness (QED) is 0.548. The predicted molar refractivity (Wildman–Crippen MR) is 127 cm³/mol. The fourth-order valence-corrected chi connectivity index (χ4v) is 4.27. The molecular weight excluding hydrogens is 433 g/mol. The van der Waals surface area contributed by atoms with Crippen LogP contribution in [0.25, 0.3) is 22.0 Å². The largest absolute Gasteiger partial charge is 0.308 e. The lowest BCUT2D eigenvalue weighted by Crippen LogP contribution is -2.38. The molecule has 0 saturated carbocycles. The molecule has 0 spiro atoms. The van der Waals surface area contributed by atoms with Gasteiger partial charge in [0, 0.05) is 21.9 Å². The number of amides is 1. The summed E-state index contributed by atoms with van der Waals surface area (Å²) in [6.07, 6.45) is 2.88. The molecule has 8 heteroatoms. The molecule has 1 aliphatic rings. The molecule has 0 atom stereocenters. The van der Waals surface area contributed by atoms with Gasteiger partial charge in [0.1, 0.15) is 0 Å². The van der Waals surface area contributed by atoms with Crippen molar-refractivity contribution in [1.82, 2.24) is 15.1 Å². The number of hydrogen-bond acceptors (Lipinski definition) is 4. The van der Waals surface area contributed by atoms with Crippen LogP contribution in [0.1, 0.15) is 31.7 Å². The summed E-state index contributed by atoms with van der Waals surface area (Å²) in [7, 11) is 0. The van der Waals surface area contributed by atoms with Gasteiger partial charge in [-0.2, -0.15) is 10.4 Å². The Hall–Kier alpha value is -2.59. The predicted octanol–water partition coefficient (Wildman–Crippen LogP) is 5.24. The van der Waals surface area contributed by atoms with E-state index in [9.17, 15) is 10.1 Å². The molecular formula is C23H25Cl2N5O. The average molecular weight is 458 g/mol. The first kappa shape index (κ1) is 23.1. The van der Waals surface area contributed by atoms with E-state index in [2.05, 4.69) is 33.4 Å². The highest BCUT2D eigenvalue weighted by atomic mass is 35.5. The van der Waals surface area contributed by atoms with Crippen molar-refractivity contribution in [2.75, 3.05) is 25.0 Å². The molecule has 4 rings (SSSR count). The second-order valence-corrected chi connectivity index (χ2v) is 8.15. The Balaban J connectivity index is 0.00000272. The molecule has 0 bridgehead atoms. The van der Waals surface area contributed by atoms with Crippen molar-refractivity contribution in [2.45, 2.75) is 26.2 Å². The Morgan fingerprint density at radius 2 is 2.06 bits per heavy atom. The number of aromatic nitrogens is 2. The van der Waals surface area contributed by atoms with Gasteiger partial charge in [0.25, 0.3) is 0 Å². The third kappa shape index (κ3) is 5.01. The van der Waals surface area contributed by atoms with Crippen LogP contribution in [0.5, 0.6) is 0 Å².